The first-order valence-corrected chi connectivity index (χ1v) is 5.89. The summed E-state index contributed by atoms with van der Waals surface area (Å²) in [6.07, 6.45) is 4.68. The van der Waals surface area contributed by atoms with E-state index in [1.165, 1.54) is 18.3 Å². The summed E-state index contributed by atoms with van der Waals surface area (Å²) in [5.41, 5.74) is 6.18. The van der Waals surface area contributed by atoms with E-state index in [4.69, 9.17) is 5.73 Å². The number of hydrogen-bond donors (Lipinski definition) is 3. The minimum absolute atomic E-state index is 0.166. The first kappa shape index (κ1) is 11.9. The molecule has 92 valence electrons. The number of hydrogen-bond acceptors (Lipinski definition) is 3. The maximum Gasteiger partial charge on any atom is 0.252 e. The number of aromatic amines is 1. The van der Waals surface area contributed by atoms with E-state index in [0.717, 1.165) is 19.3 Å². The SMILES string of the molecule is NC1CCCC1CNC(=O)c1ccc(=O)[nH]c1. The van der Waals surface area contributed by atoms with E-state index in [-0.39, 0.29) is 17.5 Å². The summed E-state index contributed by atoms with van der Waals surface area (Å²) in [7, 11) is 0. The standard InChI is InChI=1S/C12H17N3O2/c13-10-3-1-2-8(10)6-15-12(17)9-4-5-11(16)14-7-9/h4-5,7-8,10H,1-3,6,13H2,(H,14,16)(H,15,17). The fraction of sp³-hybridized carbons (Fsp3) is 0.500. The highest BCUT2D eigenvalue weighted by molar-refractivity contribution is 5.93. The fourth-order valence-electron chi connectivity index (χ4n) is 2.20. The third kappa shape index (κ3) is 2.94. The van der Waals surface area contributed by atoms with E-state index >= 15 is 0 Å². The molecule has 4 N–H and O–H groups in total. The lowest BCUT2D eigenvalue weighted by molar-refractivity contribution is 0.0946. The van der Waals surface area contributed by atoms with Crippen LogP contribution in [-0.4, -0.2) is 23.5 Å². The molecule has 17 heavy (non-hydrogen) atoms. The molecule has 1 aromatic heterocycles. The zero-order valence-corrected chi connectivity index (χ0v) is 9.61. The number of carbonyl (C=O) groups excluding carboxylic acids is 1. The highest BCUT2D eigenvalue weighted by Crippen LogP contribution is 2.22. The van der Waals surface area contributed by atoms with Crippen molar-refractivity contribution in [3.63, 3.8) is 0 Å². The van der Waals surface area contributed by atoms with Crippen LogP contribution in [0.25, 0.3) is 0 Å². The van der Waals surface area contributed by atoms with E-state index in [0.29, 0.717) is 18.0 Å². The van der Waals surface area contributed by atoms with Gasteiger partial charge in [0, 0.05) is 24.8 Å². The van der Waals surface area contributed by atoms with Crippen LogP contribution < -0.4 is 16.6 Å². The van der Waals surface area contributed by atoms with Crippen molar-refractivity contribution in [2.45, 2.75) is 25.3 Å². The van der Waals surface area contributed by atoms with E-state index in [9.17, 15) is 9.59 Å². The Kier molecular flexibility index (Phi) is 3.58. The lowest BCUT2D eigenvalue weighted by atomic mass is 10.0. The average molecular weight is 235 g/mol. The second-order valence-electron chi connectivity index (χ2n) is 4.51. The fourth-order valence-corrected chi connectivity index (χ4v) is 2.20. The summed E-state index contributed by atoms with van der Waals surface area (Å²) in [4.78, 5) is 25.1. The van der Waals surface area contributed by atoms with Gasteiger partial charge < -0.3 is 16.0 Å². The third-order valence-corrected chi connectivity index (χ3v) is 3.29. The second-order valence-corrected chi connectivity index (χ2v) is 4.51. The molecule has 1 heterocycles. The van der Waals surface area contributed by atoms with Gasteiger partial charge in [-0.25, -0.2) is 0 Å². The highest BCUT2D eigenvalue weighted by atomic mass is 16.1. The molecule has 1 aliphatic rings. The van der Waals surface area contributed by atoms with Crippen molar-refractivity contribution >= 4 is 5.91 Å². The lowest BCUT2D eigenvalue weighted by Gasteiger charge is -2.15. The molecule has 1 amide bonds. The van der Waals surface area contributed by atoms with Crippen LogP contribution in [0.2, 0.25) is 0 Å². The third-order valence-electron chi connectivity index (χ3n) is 3.29. The Morgan fingerprint density at radius 3 is 2.88 bits per heavy atom. The van der Waals surface area contributed by atoms with Gasteiger partial charge in [0.2, 0.25) is 5.56 Å². The molecule has 0 aromatic carbocycles. The van der Waals surface area contributed by atoms with E-state index in [2.05, 4.69) is 10.3 Å². The maximum absolute atomic E-state index is 11.7. The van der Waals surface area contributed by atoms with Crippen molar-refractivity contribution in [2.75, 3.05) is 6.54 Å². The first-order valence-electron chi connectivity index (χ1n) is 5.89. The van der Waals surface area contributed by atoms with Gasteiger partial charge in [0.05, 0.1) is 5.56 Å². The van der Waals surface area contributed by atoms with Crippen LogP contribution in [0.3, 0.4) is 0 Å². The highest BCUT2D eigenvalue weighted by Gasteiger charge is 2.24. The summed E-state index contributed by atoms with van der Waals surface area (Å²) in [5, 5.41) is 2.85. The molecular formula is C12H17N3O2. The van der Waals surface area contributed by atoms with Gasteiger partial charge in [0.1, 0.15) is 0 Å². The van der Waals surface area contributed by atoms with E-state index < -0.39 is 0 Å². The van der Waals surface area contributed by atoms with Crippen LogP contribution in [0.15, 0.2) is 23.1 Å². The predicted molar refractivity (Wildman–Crippen MR) is 64.7 cm³/mol. The summed E-state index contributed by atoms with van der Waals surface area (Å²) in [6, 6.07) is 3.06. The van der Waals surface area contributed by atoms with Crippen LogP contribution in [0, 0.1) is 5.92 Å². The number of nitrogens with two attached hydrogens (primary N) is 1. The molecule has 0 saturated heterocycles. The molecule has 1 saturated carbocycles. The molecule has 0 spiro atoms. The molecule has 0 radical (unpaired) electrons. The first-order chi connectivity index (χ1) is 8.16. The molecule has 2 atom stereocenters. The average Bonchev–Trinajstić information content (AvgIpc) is 2.73. The minimum atomic E-state index is -0.209. The number of aromatic nitrogens is 1. The number of amides is 1. The van der Waals surface area contributed by atoms with Crippen molar-refractivity contribution in [3.05, 3.63) is 34.2 Å². The Hall–Kier alpha value is -1.62. The number of carbonyl (C=O) groups is 1. The Morgan fingerprint density at radius 1 is 1.47 bits per heavy atom. The van der Waals surface area contributed by atoms with Crippen molar-refractivity contribution in [2.24, 2.45) is 11.7 Å². The molecule has 1 aromatic rings. The van der Waals surface area contributed by atoms with Gasteiger partial charge in [-0.05, 0) is 24.8 Å². The van der Waals surface area contributed by atoms with Gasteiger partial charge in [-0.2, -0.15) is 0 Å². The Bertz CT molecular complexity index is 435. The quantitative estimate of drug-likeness (QED) is 0.701. The van der Waals surface area contributed by atoms with Gasteiger partial charge in [-0.15, -0.1) is 0 Å². The van der Waals surface area contributed by atoms with Crippen LogP contribution in [-0.2, 0) is 0 Å². The molecule has 1 aliphatic carbocycles. The number of nitrogens with one attached hydrogen (secondary N) is 2. The summed E-state index contributed by atoms with van der Waals surface area (Å²) < 4.78 is 0. The zero-order valence-electron chi connectivity index (χ0n) is 9.61. The van der Waals surface area contributed by atoms with Gasteiger partial charge in [0.15, 0.2) is 0 Å². The van der Waals surface area contributed by atoms with Gasteiger partial charge in [0.25, 0.3) is 5.91 Å². The molecule has 2 rings (SSSR count). The Balaban J connectivity index is 1.89. The molecule has 5 heteroatoms. The Morgan fingerprint density at radius 2 is 2.29 bits per heavy atom. The molecule has 2 unspecified atom stereocenters. The topological polar surface area (TPSA) is 88.0 Å². The smallest absolute Gasteiger partial charge is 0.252 e. The molecular weight excluding hydrogens is 218 g/mol. The van der Waals surface area contributed by atoms with Gasteiger partial charge in [-0.3, -0.25) is 9.59 Å². The number of rotatable bonds is 3. The zero-order chi connectivity index (χ0) is 12.3. The number of pyridine rings is 1. The van der Waals surface area contributed by atoms with Crippen molar-refractivity contribution in [3.8, 4) is 0 Å². The monoisotopic (exact) mass is 235 g/mol. The van der Waals surface area contributed by atoms with E-state index in [1.807, 2.05) is 0 Å². The van der Waals surface area contributed by atoms with E-state index in [1.54, 1.807) is 0 Å². The molecule has 0 bridgehead atoms. The van der Waals surface area contributed by atoms with Crippen LogP contribution in [0.5, 0.6) is 0 Å². The molecule has 0 aliphatic heterocycles. The second kappa shape index (κ2) is 5.14. The van der Waals surface area contributed by atoms with Crippen LogP contribution >= 0.6 is 0 Å². The van der Waals surface area contributed by atoms with Gasteiger partial charge in [-0.1, -0.05) is 6.42 Å². The minimum Gasteiger partial charge on any atom is -0.352 e. The van der Waals surface area contributed by atoms with Crippen molar-refractivity contribution in [1.82, 2.24) is 10.3 Å². The van der Waals surface area contributed by atoms with Gasteiger partial charge >= 0.3 is 0 Å². The number of H-pyrrole nitrogens is 1. The van der Waals surface area contributed by atoms with Crippen LogP contribution in [0.1, 0.15) is 29.6 Å². The predicted octanol–water partition coefficient (Wildman–Crippen LogP) is 0.232. The summed E-state index contributed by atoms with van der Waals surface area (Å²) in [5.74, 6) is 0.210. The lowest BCUT2D eigenvalue weighted by Crippen LogP contribution is -2.36. The van der Waals surface area contributed by atoms with Crippen LogP contribution in [0.4, 0.5) is 0 Å². The van der Waals surface area contributed by atoms with Crippen molar-refractivity contribution < 1.29 is 4.79 Å². The van der Waals surface area contributed by atoms with Crippen molar-refractivity contribution in [1.29, 1.82) is 0 Å². The largest absolute Gasteiger partial charge is 0.352 e. The molecule has 1 fully saturated rings. The maximum atomic E-state index is 11.7. The Labute approximate surface area is 99.4 Å². The molecule has 5 nitrogen and oxygen atoms in total. The summed E-state index contributed by atoms with van der Waals surface area (Å²) >= 11 is 0. The summed E-state index contributed by atoms with van der Waals surface area (Å²) in [6.45, 7) is 0.610. The normalized spacial score (nSPS) is 23.6.